The number of hydrogen-bond donors (Lipinski definition) is 2. The molecule has 1 aliphatic rings. The molecule has 3 rings (SSSR count). The van der Waals surface area contributed by atoms with Gasteiger partial charge < -0.3 is 25.4 Å². The number of hydrogen-bond acceptors (Lipinski definition) is 7. The maximum Gasteiger partial charge on any atom is 0.159 e. The van der Waals surface area contributed by atoms with Gasteiger partial charge in [-0.15, -0.1) is 0 Å². The fourth-order valence-corrected chi connectivity index (χ4v) is 2.32. The number of methoxy groups -OCH3 is 1. The van der Waals surface area contributed by atoms with Crippen molar-refractivity contribution < 1.29 is 9.47 Å². The largest absolute Gasteiger partial charge is 0.497 e. The second kappa shape index (κ2) is 6.48. The summed E-state index contributed by atoms with van der Waals surface area (Å²) in [5, 5.41) is 3.21. The molecule has 0 radical (unpaired) electrons. The van der Waals surface area contributed by atoms with Crippen molar-refractivity contribution in [3.8, 4) is 5.75 Å². The molecular formula is C15H19N5O2. The molecule has 1 fully saturated rings. The van der Waals surface area contributed by atoms with Crippen LogP contribution in [0.5, 0.6) is 5.75 Å². The van der Waals surface area contributed by atoms with E-state index in [2.05, 4.69) is 20.2 Å². The van der Waals surface area contributed by atoms with Crippen molar-refractivity contribution in [1.82, 2.24) is 9.97 Å². The van der Waals surface area contributed by atoms with Crippen LogP contribution >= 0.6 is 0 Å². The summed E-state index contributed by atoms with van der Waals surface area (Å²) in [5.41, 5.74) is 7.65. The average molecular weight is 301 g/mol. The van der Waals surface area contributed by atoms with Crippen LogP contribution < -0.4 is 20.7 Å². The van der Waals surface area contributed by atoms with E-state index >= 15 is 0 Å². The van der Waals surface area contributed by atoms with Gasteiger partial charge in [0.2, 0.25) is 0 Å². The normalized spacial score (nSPS) is 14.7. The molecule has 0 aliphatic carbocycles. The van der Waals surface area contributed by atoms with Gasteiger partial charge in [-0.1, -0.05) is 0 Å². The quantitative estimate of drug-likeness (QED) is 0.888. The smallest absolute Gasteiger partial charge is 0.159 e. The Kier molecular flexibility index (Phi) is 4.24. The highest BCUT2D eigenvalue weighted by molar-refractivity contribution is 5.78. The van der Waals surface area contributed by atoms with E-state index in [0.29, 0.717) is 24.7 Å². The number of nitrogens with two attached hydrogens (primary N) is 1. The molecule has 3 N–H and O–H groups in total. The Hall–Kier alpha value is -2.54. The molecule has 0 saturated carbocycles. The predicted molar refractivity (Wildman–Crippen MR) is 85.8 cm³/mol. The second-order valence-corrected chi connectivity index (χ2v) is 4.91. The number of morpholine rings is 1. The summed E-state index contributed by atoms with van der Waals surface area (Å²) < 4.78 is 10.5. The van der Waals surface area contributed by atoms with E-state index in [0.717, 1.165) is 30.3 Å². The molecular weight excluding hydrogens is 282 g/mol. The number of rotatable bonds is 4. The molecule has 1 aliphatic heterocycles. The van der Waals surface area contributed by atoms with E-state index in [-0.39, 0.29) is 0 Å². The maximum atomic E-state index is 6.22. The van der Waals surface area contributed by atoms with Crippen molar-refractivity contribution in [3.05, 3.63) is 30.6 Å². The van der Waals surface area contributed by atoms with E-state index in [1.807, 2.05) is 24.3 Å². The summed E-state index contributed by atoms with van der Waals surface area (Å²) in [6, 6.07) is 7.58. The van der Waals surface area contributed by atoms with Crippen LogP contribution in [0.1, 0.15) is 0 Å². The molecule has 1 saturated heterocycles. The lowest BCUT2D eigenvalue weighted by Gasteiger charge is -2.28. The summed E-state index contributed by atoms with van der Waals surface area (Å²) in [7, 11) is 1.64. The lowest BCUT2D eigenvalue weighted by Crippen LogP contribution is -2.37. The zero-order valence-corrected chi connectivity index (χ0v) is 12.5. The number of ether oxygens (including phenoxy) is 2. The monoisotopic (exact) mass is 301 g/mol. The third-order valence-electron chi connectivity index (χ3n) is 3.53. The number of aromatic nitrogens is 2. The summed E-state index contributed by atoms with van der Waals surface area (Å²) in [5.74, 6) is 2.14. The summed E-state index contributed by atoms with van der Waals surface area (Å²) in [6.07, 6.45) is 1.52. The van der Waals surface area contributed by atoms with E-state index < -0.39 is 0 Å². The zero-order valence-electron chi connectivity index (χ0n) is 12.5. The highest BCUT2D eigenvalue weighted by Crippen LogP contribution is 2.29. The molecule has 0 unspecified atom stereocenters. The van der Waals surface area contributed by atoms with Gasteiger partial charge in [-0.2, -0.15) is 0 Å². The second-order valence-electron chi connectivity index (χ2n) is 4.91. The van der Waals surface area contributed by atoms with Crippen LogP contribution in [-0.2, 0) is 4.74 Å². The van der Waals surface area contributed by atoms with Gasteiger partial charge in [0.15, 0.2) is 11.6 Å². The number of anilines is 4. The molecule has 7 heteroatoms. The van der Waals surface area contributed by atoms with Crippen LogP contribution in [0.4, 0.5) is 23.0 Å². The van der Waals surface area contributed by atoms with E-state index in [9.17, 15) is 0 Å². The standard InChI is InChI=1S/C15H19N5O2/c1-21-12-4-2-11(3-5-12)19-14-13(16)15(18-10-17-14)20-6-8-22-9-7-20/h2-5,10H,6-9,16H2,1H3,(H,17,18,19). The lowest BCUT2D eigenvalue weighted by molar-refractivity contribution is 0.122. The molecule has 0 atom stereocenters. The molecule has 0 spiro atoms. The van der Waals surface area contributed by atoms with Gasteiger partial charge in [0.25, 0.3) is 0 Å². The van der Waals surface area contributed by atoms with Crippen LogP contribution in [-0.4, -0.2) is 43.4 Å². The molecule has 1 aromatic heterocycles. The minimum atomic E-state index is 0.542. The Bertz CT molecular complexity index is 626. The van der Waals surface area contributed by atoms with Crippen LogP contribution in [0, 0.1) is 0 Å². The highest BCUT2D eigenvalue weighted by atomic mass is 16.5. The average Bonchev–Trinajstić information content (AvgIpc) is 2.58. The van der Waals surface area contributed by atoms with Gasteiger partial charge >= 0.3 is 0 Å². The number of nitrogens with one attached hydrogen (secondary N) is 1. The molecule has 7 nitrogen and oxygen atoms in total. The van der Waals surface area contributed by atoms with Crippen LogP contribution in [0.3, 0.4) is 0 Å². The SMILES string of the molecule is COc1ccc(Nc2ncnc(N3CCOCC3)c2N)cc1. The first-order chi connectivity index (χ1) is 10.8. The third-order valence-corrected chi connectivity index (χ3v) is 3.53. The summed E-state index contributed by atoms with van der Waals surface area (Å²) in [4.78, 5) is 10.7. The Morgan fingerprint density at radius 1 is 1.18 bits per heavy atom. The van der Waals surface area contributed by atoms with Crippen molar-refractivity contribution in [3.63, 3.8) is 0 Å². The molecule has 116 valence electrons. The van der Waals surface area contributed by atoms with Gasteiger partial charge in [-0.25, -0.2) is 9.97 Å². The number of nitrogen functional groups attached to an aromatic ring is 1. The Morgan fingerprint density at radius 3 is 2.59 bits per heavy atom. The highest BCUT2D eigenvalue weighted by Gasteiger charge is 2.17. The molecule has 2 aromatic rings. The van der Waals surface area contributed by atoms with Gasteiger partial charge in [0, 0.05) is 18.8 Å². The van der Waals surface area contributed by atoms with Crippen molar-refractivity contribution >= 4 is 23.0 Å². The van der Waals surface area contributed by atoms with Gasteiger partial charge in [-0.3, -0.25) is 0 Å². The van der Waals surface area contributed by atoms with E-state index in [4.69, 9.17) is 15.2 Å². The summed E-state index contributed by atoms with van der Waals surface area (Å²) >= 11 is 0. The van der Waals surface area contributed by atoms with Gasteiger partial charge in [0.1, 0.15) is 17.8 Å². The molecule has 1 aromatic carbocycles. The van der Waals surface area contributed by atoms with Gasteiger partial charge in [0.05, 0.1) is 20.3 Å². The first-order valence-corrected chi connectivity index (χ1v) is 7.12. The van der Waals surface area contributed by atoms with Crippen LogP contribution in [0.15, 0.2) is 30.6 Å². The Morgan fingerprint density at radius 2 is 1.91 bits per heavy atom. The van der Waals surface area contributed by atoms with Crippen LogP contribution in [0.2, 0.25) is 0 Å². The van der Waals surface area contributed by atoms with E-state index in [1.54, 1.807) is 7.11 Å². The van der Waals surface area contributed by atoms with Crippen molar-refractivity contribution in [2.24, 2.45) is 0 Å². The summed E-state index contributed by atoms with van der Waals surface area (Å²) in [6.45, 7) is 2.93. The fraction of sp³-hybridized carbons (Fsp3) is 0.333. The topological polar surface area (TPSA) is 85.5 Å². The van der Waals surface area contributed by atoms with E-state index in [1.165, 1.54) is 6.33 Å². The van der Waals surface area contributed by atoms with Gasteiger partial charge in [-0.05, 0) is 24.3 Å². The minimum absolute atomic E-state index is 0.542. The minimum Gasteiger partial charge on any atom is -0.497 e. The first-order valence-electron chi connectivity index (χ1n) is 7.12. The Balaban J connectivity index is 1.81. The fourth-order valence-electron chi connectivity index (χ4n) is 2.32. The number of benzene rings is 1. The maximum absolute atomic E-state index is 6.22. The Labute approximate surface area is 129 Å². The predicted octanol–water partition coefficient (Wildman–Crippen LogP) is 1.65. The first kappa shape index (κ1) is 14.4. The van der Waals surface area contributed by atoms with Crippen LogP contribution in [0.25, 0.3) is 0 Å². The molecule has 2 heterocycles. The molecule has 0 bridgehead atoms. The third kappa shape index (κ3) is 3.04. The van der Waals surface area contributed by atoms with Crippen molar-refractivity contribution in [2.45, 2.75) is 0 Å². The van der Waals surface area contributed by atoms with Crippen molar-refractivity contribution in [2.75, 3.05) is 49.4 Å². The molecule has 0 amide bonds. The lowest BCUT2D eigenvalue weighted by atomic mass is 10.3. The van der Waals surface area contributed by atoms with Crippen molar-refractivity contribution in [1.29, 1.82) is 0 Å². The number of nitrogens with zero attached hydrogens (tertiary/aromatic N) is 3. The molecule has 22 heavy (non-hydrogen) atoms. The zero-order chi connectivity index (χ0) is 15.4.